The minimum atomic E-state index is 0.435. The Kier molecular flexibility index (Phi) is 2.79. The first-order chi connectivity index (χ1) is 8.11. The lowest BCUT2D eigenvalue weighted by molar-refractivity contribution is -0.117. The van der Waals surface area contributed by atoms with Crippen molar-refractivity contribution in [2.24, 2.45) is 34.1 Å². The molecule has 0 aliphatic heterocycles. The second-order valence-electron chi connectivity index (χ2n) is 7.42. The van der Waals surface area contributed by atoms with E-state index in [4.69, 9.17) is 11.5 Å². The average molecular weight is 236 g/mol. The van der Waals surface area contributed by atoms with Crippen molar-refractivity contribution in [3.8, 4) is 0 Å². The first kappa shape index (κ1) is 12.0. The fraction of sp³-hybridized carbons (Fsp3) is 1.00. The highest BCUT2D eigenvalue weighted by atomic mass is 14.8. The molecule has 17 heavy (non-hydrogen) atoms. The molecule has 4 fully saturated rings. The molecule has 2 heteroatoms. The topological polar surface area (TPSA) is 52.0 Å². The second kappa shape index (κ2) is 3.96. The molecule has 0 amide bonds. The summed E-state index contributed by atoms with van der Waals surface area (Å²) in [5.41, 5.74) is 13.6. The Morgan fingerprint density at radius 3 is 2.35 bits per heavy atom. The Labute approximate surface area is 106 Å². The quantitative estimate of drug-likeness (QED) is 0.788. The van der Waals surface area contributed by atoms with Crippen LogP contribution in [0.25, 0.3) is 0 Å². The summed E-state index contributed by atoms with van der Waals surface area (Å²) in [5, 5.41) is 0. The molecule has 0 unspecified atom stereocenters. The van der Waals surface area contributed by atoms with Crippen LogP contribution in [-0.2, 0) is 0 Å². The van der Waals surface area contributed by atoms with Crippen LogP contribution in [0, 0.1) is 22.7 Å². The van der Waals surface area contributed by atoms with Crippen molar-refractivity contribution in [1.82, 2.24) is 0 Å². The SMILES string of the molecule is CCC[C@@H](N)C12C[C@H]3C[C@@H](CC(CN)(C3)C1)C2. The van der Waals surface area contributed by atoms with E-state index >= 15 is 0 Å². The van der Waals surface area contributed by atoms with Crippen LogP contribution >= 0.6 is 0 Å². The fourth-order valence-electron chi connectivity index (χ4n) is 5.82. The van der Waals surface area contributed by atoms with Gasteiger partial charge in [-0.1, -0.05) is 13.3 Å². The lowest BCUT2D eigenvalue weighted by Crippen LogP contribution is -2.59. The van der Waals surface area contributed by atoms with Crippen LogP contribution in [0.5, 0.6) is 0 Å². The fourth-order valence-corrected chi connectivity index (χ4v) is 5.82. The smallest absolute Gasteiger partial charge is 0.00958 e. The van der Waals surface area contributed by atoms with Gasteiger partial charge >= 0.3 is 0 Å². The summed E-state index contributed by atoms with van der Waals surface area (Å²) < 4.78 is 0. The maximum Gasteiger partial charge on any atom is 0.00958 e. The molecule has 0 spiro atoms. The van der Waals surface area contributed by atoms with E-state index in [-0.39, 0.29) is 0 Å². The number of hydrogen-bond acceptors (Lipinski definition) is 2. The molecule has 4 saturated carbocycles. The summed E-state index contributed by atoms with van der Waals surface area (Å²) >= 11 is 0. The standard InChI is InChI=1S/C15H28N2/c1-2-3-13(17)15-7-11-4-12(8-15)6-14(5-11,9-15)10-16/h11-13H,2-10,16-17H2,1H3/t11-,12-,13+,14?,15?/m0/s1. The van der Waals surface area contributed by atoms with E-state index in [1.807, 2.05) is 0 Å². The number of hydrogen-bond donors (Lipinski definition) is 2. The van der Waals surface area contributed by atoms with Gasteiger partial charge in [0.05, 0.1) is 0 Å². The molecule has 0 aromatic carbocycles. The van der Waals surface area contributed by atoms with E-state index in [0.717, 1.165) is 18.4 Å². The van der Waals surface area contributed by atoms with E-state index in [2.05, 4.69) is 6.92 Å². The highest BCUT2D eigenvalue weighted by Gasteiger charge is 2.58. The Morgan fingerprint density at radius 1 is 1.18 bits per heavy atom. The van der Waals surface area contributed by atoms with E-state index in [1.165, 1.54) is 51.4 Å². The van der Waals surface area contributed by atoms with Crippen LogP contribution in [0.15, 0.2) is 0 Å². The van der Waals surface area contributed by atoms with Gasteiger partial charge in [0, 0.05) is 6.04 Å². The normalized spacial score (nSPS) is 49.6. The summed E-state index contributed by atoms with van der Waals surface area (Å²) in [6.45, 7) is 3.17. The predicted molar refractivity (Wildman–Crippen MR) is 71.5 cm³/mol. The van der Waals surface area contributed by atoms with Gasteiger partial charge < -0.3 is 11.5 Å². The van der Waals surface area contributed by atoms with E-state index in [0.29, 0.717) is 16.9 Å². The minimum Gasteiger partial charge on any atom is -0.330 e. The molecule has 0 radical (unpaired) electrons. The Hall–Kier alpha value is -0.0800. The van der Waals surface area contributed by atoms with Crippen LogP contribution in [-0.4, -0.2) is 12.6 Å². The third-order valence-corrected chi connectivity index (χ3v) is 6.05. The van der Waals surface area contributed by atoms with E-state index in [1.54, 1.807) is 0 Å². The predicted octanol–water partition coefficient (Wildman–Crippen LogP) is 2.66. The first-order valence-corrected chi connectivity index (χ1v) is 7.57. The van der Waals surface area contributed by atoms with Gasteiger partial charge in [-0.2, -0.15) is 0 Å². The van der Waals surface area contributed by atoms with Crippen molar-refractivity contribution in [2.75, 3.05) is 6.54 Å². The number of rotatable bonds is 4. The molecule has 4 aliphatic carbocycles. The summed E-state index contributed by atoms with van der Waals surface area (Å²) in [6.07, 6.45) is 10.9. The molecule has 0 aromatic heterocycles. The largest absolute Gasteiger partial charge is 0.330 e. The summed E-state index contributed by atoms with van der Waals surface area (Å²) in [4.78, 5) is 0. The van der Waals surface area contributed by atoms with Crippen LogP contribution in [0.1, 0.15) is 58.3 Å². The zero-order valence-electron chi connectivity index (χ0n) is 11.3. The Morgan fingerprint density at radius 2 is 1.82 bits per heavy atom. The van der Waals surface area contributed by atoms with Crippen molar-refractivity contribution in [2.45, 2.75) is 64.3 Å². The summed E-state index contributed by atoms with van der Waals surface area (Å²) in [7, 11) is 0. The van der Waals surface area contributed by atoms with Crippen LogP contribution in [0.4, 0.5) is 0 Å². The highest BCUT2D eigenvalue weighted by molar-refractivity contribution is 5.10. The van der Waals surface area contributed by atoms with Crippen molar-refractivity contribution >= 4 is 0 Å². The van der Waals surface area contributed by atoms with Gasteiger partial charge in [-0.25, -0.2) is 0 Å². The lowest BCUT2D eigenvalue weighted by atomic mass is 9.42. The molecule has 4 aliphatic rings. The zero-order chi connectivity index (χ0) is 12.1. The highest BCUT2D eigenvalue weighted by Crippen LogP contribution is 2.65. The lowest BCUT2D eigenvalue weighted by Gasteiger charge is -2.63. The van der Waals surface area contributed by atoms with E-state index < -0.39 is 0 Å². The number of nitrogens with two attached hydrogens (primary N) is 2. The van der Waals surface area contributed by atoms with Crippen LogP contribution in [0.3, 0.4) is 0 Å². The Bertz CT molecular complexity index is 285. The second-order valence-corrected chi connectivity index (χ2v) is 7.42. The van der Waals surface area contributed by atoms with Gasteiger partial charge in [0.2, 0.25) is 0 Å². The van der Waals surface area contributed by atoms with Gasteiger partial charge in [-0.3, -0.25) is 0 Å². The van der Waals surface area contributed by atoms with Crippen molar-refractivity contribution in [3.05, 3.63) is 0 Å². The van der Waals surface area contributed by atoms with Crippen molar-refractivity contribution in [3.63, 3.8) is 0 Å². The van der Waals surface area contributed by atoms with Crippen molar-refractivity contribution < 1.29 is 0 Å². The van der Waals surface area contributed by atoms with Gasteiger partial charge in [-0.05, 0) is 74.2 Å². The molecule has 2 nitrogen and oxygen atoms in total. The summed E-state index contributed by atoms with van der Waals surface area (Å²) in [6, 6.07) is 0.435. The first-order valence-electron chi connectivity index (χ1n) is 7.57. The average Bonchev–Trinajstić information content (AvgIpc) is 2.27. The van der Waals surface area contributed by atoms with Gasteiger partial charge in [0.1, 0.15) is 0 Å². The molecule has 4 N–H and O–H groups in total. The van der Waals surface area contributed by atoms with Crippen LogP contribution in [0.2, 0.25) is 0 Å². The van der Waals surface area contributed by atoms with Crippen molar-refractivity contribution in [1.29, 1.82) is 0 Å². The van der Waals surface area contributed by atoms with Gasteiger partial charge in [-0.15, -0.1) is 0 Å². The molecule has 98 valence electrons. The molecular weight excluding hydrogens is 208 g/mol. The maximum absolute atomic E-state index is 6.56. The maximum atomic E-state index is 6.56. The molecule has 0 heterocycles. The molecule has 4 bridgehead atoms. The Balaban J connectivity index is 1.87. The molecular formula is C15H28N2. The molecule has 3 atom stereocenters. The zero-order valence-corrected chi connectivity index (χ0v) is 11.3. The summed E-state index contributed by atoms with van der Waals surface area (Å²) in [5.74, 6) is 1.89. The molecule has 0 aromatic rings. The van der Waals surface area contributed by atoms with E-state index in [9.17, 15) is 0 Å². The third kappa shape index (κ3) is 1.76. The molecule has 4 rings (SSSR count). The van der Waals surface area contributed by atoms with Gasteiger partial charge in [0.25, 0.3) is 0 Å². The monoisotopic (exact) mass is 236 g/mol. The molecule has 0 saturated heterocycles. The van der Waals surface area contributed by atoms with Gasteiger partial charge in [0.15, 0.2) is 0 Å². The minimum absolute atomic E-state index is 0.435. The van der Waals surface area contributed by atoms with Crippen LogP contribution < -0.4 is 11.5 Å². The third-order valence-electron chi connectivity index (χ3n) is 6.05.